The van der Waals surface area contributed by atoms with Crippen LogP contribution in [0.3, 0.4) is 0 Å². The van der Waals surface area contributed by atoms with Crippen LogP contribution in [-0.2, 0) is 10.0 Å². The zero-order valence-corrected chi connectivity index (χ0v) is 14.6. The maximum Gasteiger partial charge on any atom is 0.269 e. The van der Waals surface area contributed by atoms with Gasteiger partial charge < -0.3 is 4.90 Å². The molecule has 2 rings (SSSR count). The maximum absolute atomic E-state index is 12.3. The number of thiazole rings is 1. The van der Waals surface area contributed by atoms with Crippen molar-refractivity contribution in [3.63, 3.8) is 0 Å². The van der Waals surface area contributed by atoms with E-state index in [0.717, 1.165) is 35.6 Å². The van der Waals surface area contributed by atoms with Gasteiger partial charge in [0.05, 0.1) is 15.5 Å². The number of nitrogens with zero attached hydrogens (tertiary/aromatic N) is 3. The van der Waals surface area contributed by atoms with Crippen LogP contribution in [0.4, 0.5) is 10.8 Å². The second kappa shape index (κ2) is 6.53. The Balaban J connectivity index is 2.28. The number of aromatic nitrogens is 1. The van der Waals surface area contributed by atoms with E-state index in [2.05, 4.69) is 9.71 Å². The minimum atomic E-state index is -3.95. The number of aryl methyl sites for hydroxylation is 1. The summed E-state index contributed by atoms with van der Waals surface area (Å²) < 4.78 is 26.9. The second-order valence-corrected chi connectivity index (χ2v) is 7.67. The minimum Gasteiger partial charge on any atom is -0.344 e. The Morgan fingerprint density at radius 3 is 2.38 bits per heavy atom. The van der Waals surface area contributed by atoms with E-state index in [1.165, 1.54) is 4.90 Å². The van der Waals surface area contributed by atoms with Gasteiger partial charge >= 0.3 is 0 Å². The highest BCUT2D eigenvalue weighted by Gasteiger charge is 2.21. The van der Waals surface area contributed by atoms with Crippen molar-refractivity contribution >= 4 is 38.1 Å². The van der Waals surface area contributed by atoms with E-state index < -0.39 is 14.9 Å². The summed E-state index contributed by atoms with van der Waals surface area (Å²) in [6.07, 6.45) is 0. The molecule has 128 valence electrons. The minimum absolute atomic E-state index is 0.0519. The summed E-state index contributed by atoms with van der Waals surface area (Å²) in [4.78, 5) is 27.6. The van der Waals surface area contributed by atoms with Gasteiger partial charge in [0.2, 0.25) is 0 Å². The molecule has 0 spiro atoms. The van der Waals surface area contributed by atoms with Gasteiger partial charge in [-0.1, -0.05) is 11.3 Å². The molecule has 1 aromatic heterocycles. The third kappa shape index (κ3) is 3.68. The number of carbonyl (C=O) groups is 1. The Morgan fingerprint density at radius 1 is 1.29 bits per heavy atom. The van der Waals surface area contributed by atoms with Crippen molar-refractivity contribution in [2.45, 2.75) is 11.8 Å². The van der Waals surface area contributed by atoms with Gasteiger partial charge in [0.15, 0.2) is 5.13 Å². The van der Waals surface area contributed by atoms with Crippen molar-refractivity contribution < 1.29 is 18.1 Å². The molecule has 0 atom stereocenters. The number of anilines is 1. The largest absolute Gasteiger partial charge is 0.344 e. The fraction of sp³-hybridized carbons (Fsp3) is 0.231. The molecule has 9 nitrogen and oxygen atoms in total. The molecule has 1 N–H and O–H groups in total. The van der Waals surface area contributed by atoms with Gasteiger partial charge in [0.1, 0.15) is 4.88 Å². The van der Waals surface area contributed by atoms with Crippen LogP contribution in [0, 0.1) is 17.0 Å². The number of amides is 1. The summed E-state index contributed by atoms with van der Waals surface area (Å²) in [6, 6.07) is 4.46. The van der Waals surface area contributed by atoms with Crippen molar-refractivity contribution in [3.8, 4) is 0 Å². The highest BCUT2D eigenvalue weighted by molar-refractivity contribution is 7.93. The molecule has 24 heavy (non-hydrogen) atoms. The summed E-state index contributed by atoms with van der Waals surface area (Å²) in [6.45, 7) is 1.61. The molecule has 0 saturated carbocycles. The van der Waals surface area contributed by atoms with Crippen molar-refractivity contribution in [2.75, 3.05) is 18.8 Å². The van der Waals surface area contributed by atoms with E-state index in [-0.39, 0.29) is 21.6 Å². The lowest BCUT2D eigenvalue weighted by atomic mass is 10.3. The smallest absolute Gasteiger partial charge is 0.269 e. The summed E-state index contributed by atoms with van der Waals surface area (Å²) in [5, 5.41) is 10.7. The molecular formula is C13H14N4O5S2. The van der Waals surface area contributed by atoms with Crippen molar-refractivity contribution in [2.24, 2.45) is 0 Å². The fourth-order valence-corrected chi connectivity index (χ4v) is 3.99. The molecule has 0 saturated heterocycles. The highest BCUT2D eigenvalue weighted by atomic mass is 32.2. The number of benzene rings is 1. The van der Waals surface area contributed by atoms with Crippen LogP contribution in [0.1, 0.15) is 15.4 Å². The molecule has 0 bridgehead atoms. The zero-order chi connectivity index (χ0) is 18.1. The third-order valence-corrected chi connectivity index (χ3v) is 5.52. The van der Waals surface area contributed by atoms with Gasteiger partial charge in [-0.15, -0.1) is 0 Å². The van der Waals surface area contributed by atoms with E-state index in [1.54, 1.807) is 21.0 Å². The molecule has 1 heterocycles. The fourth-order valence-electron chi connectivity index (χ4n) is 1.76. The quantitative estimate of drug-likeness (QED) is 0.633. The monoisotopic (exact) mass is 370 g/mol. The lowest BCUT2D eigenvalue weighted by molar-refractivity contribution is -0.384. The van der Waals surface area contributed by atoms with Crippen LogP contribution >= 0.6 is 11.3 Å². The van der Waals surface area contributed by atoms with Crippen LogP contribution in [-0.4, -0.2) is 43.2 Å². The van der Waals surface area contributed by atoms with Gasteiger partial charge in [-0.3, -0.25) is 19.6 Å². The Morgan fingerprint density at radius 2 is 1.88 bits per heavy atom. The number of non-ortho nitro benzene ring substituents is 1. The Labute approximate surface area is 142 Å². The predicted octanol–water partition coefficient (Wildman–Crippen LogP) is 1.86. The number of hydrogen-bond donors (Lipinski definition) is 1. The molecule has 2 aromatic rings. The number of hydrogen-bond acceptors (Lipinski definition) is 7. The average molecular weight is 370 g/mol. The standard InChI is InChI=1S/C13H14N4O5S2/c1-8-11(12(18)16(2)3)23-13(14-8)15-24(21,22)10-6-4-9(5-7-10)17(19)20/h4-7H,1-3H3,(H,14,15). The normalized spacial score (nSPS) is 11.1. The molecular weight excluding hydrogens is 356 g/mol. The van der Waals surface area contributed by atoms with E-state index in [9.17, 15) is 23.3 Å². The van der Waals surface area contributed by atoms with Gasteiger partial charge in [0, 0.05) is 26.2 Å². The Kier molecular flexibility index (Phi) is 4.85. The number of nitro groups is 1. The molecule has 1 aromatic carbocycles. The first-order valence-corrected chi connectivity index (χ1v) is 8.88. The number of carbonyl (C=O) groups excluding carboxylic acids is 1. The number of sulfonamides is 1. The SMILES string of the molecule is Cc1nc(NS(=O)(=O)c2ccc([N+](=O)[O-])cc2)sc1C(=O)N(C)C. The van der Waals surface area contributed by atoms with Crippen LogP contribution in [0.15, 0.2) is 29.2 Å². The number of nitro benzene ring substituents is 1. The van der Waals surface area contributed by atoms with Crippen LogP contribution in [0.2, 0.25) is 0 Å². The second-order valence-electron chi connectivity index (χ2n) is 4.99. The summed E-state index contributed by atoms with van der Waals surface area (Å²) in [5.74, 6) is -0.272. The van der Waals surface area contributed by atoms with Gasteiger partial charge in [-0.2, -0.15) is 0 Å². The molecule has 0 fully saturated rings. The lowest BCUT2D eigenvalue weighted by Gasteiger charge is -2.07. The van der Waals surface area contributed by atoms with E-state index >= 15 is 0 Å². The first-order valence-electron chi connectivity index (χ1n) is 6.58. The van der Waals surface area contributed by atoms with E-state index in [4.69, 9.17) is 0 Å². The third-order valence-electron chi connectivity index (χ3n) is 2.98. The maximum atomic E-state index is 12.3. The summed E-state index contributed by atoms with van der Waals surface area (Å²) >= 11 is 0.925. The molecule has 0 aliphatic heterocycles. The molecule has 11 heteroatoms. The Bertz CT molecular complexity index is 888. The molecule has 0 unspecified atom stereocenters. The molecule has 0 aliphatic carbocycles. The topological polar surface area (TPSA) is 123 Å². The number of rotatable bonds is 5. The van der Waals surface area contributed by atoms with Crippen molar-refractivity contribution in [3.05, 3.63) is 45.0 Å². The molecule has 1 amide bonds. The van der Waals surface area contributed by atoms with Gasteiger partial charge in [0.25, 0.3) is 21.6 Å². The number of nitrogens with one attached hydrogen (secondary N) is 1. The first-order chi connectivity index (χ1) is 11.1. The van der Waals surface area contributed by atoms with E-state index in [1.807, 2.05) is 0 Å². The summed E-state index contributed by atoms with van der Waals surface area (Å²) in [7, 11) is -0.784. The average Bonchev–Trinajstić information content (AvgIpc) is 2.86. The van der Waals surface area contributed by atoms with E-state index in [0.29, 0.717) is 10.6 Å². The first kappa shape index (κ1) is 17.8. The van der Waals surface area contributed by atoms with Crippen molar-refractivity contribution in [1.82, 2.24) is 9.88 Å². The van der Waals surface area contributed by atoms with Crippen LogP contribution in [0.5, 0.6) is 0 Å². The molecule has 0 radical (unpaired) electrons. The highest BCUT2D eigenvalue weighted by Crippen LogP contribution is 2.26. The summed E-state index contributed by atoms with van der Waals surface area (Å²) in [5.41, 5.74) is 0.206. The van der Waals surface area contributed by atoms with Gasteiger partial charge in [-0.25, -0.2) is 13.4 Å². The van der Waals surface area contributed by atoms with Crippen molar-refractivity contribution in [1.29, 1.82) is 0 Å². The van der Waals surface area contributed by atoms with Crippen LogP contribution < -0.4 is 4.72 Å². The lowest BCUT2D eigenvalue weighted by Crippen LogP contribution is -2.21. The molecule has 0 aliphatic rings. The predicted molar refractivity (Wildman–Crippen MR) is 88.8 cm³/mol. The van der Waals surface area contributed by atoms with Crippen LogP contribution in [0.25, 0.3) is 0 Å². The Hall–Kier alpha value is -2.53. The van der Waals surface area contributed by atoms with Gasteiger partial charge in [-0.05, 0) is 19.1 Å². The zero-order valence-electron chi connectivity index (χ0n) is 13.0.